The van der Waals surface area contributed by atoms with Crippen LogP contribution in [-0.2, 0) is 33.8 Å². The number of carbonyl (C=O) groups excluding carboxylic acids is 1. The van der Waals surface area contributed by atoms with Crippen LogP contribution in [0.1, 0.15) is 60.4 Å². The summed E-state index contributed by atoms with van der Waals surface area (Å²) in [6, 6.07) is 8.87. The number of benzene rings is 2. The molecule has 1 aliphatic heterocycles. The zero-order valence-corrected chi connectivity index (χ0v) is 21.8. The molecule has 3 N–H and O–H groups in total. The molecule has 0 bridgehead atoms. The van der Waals surface area contributed by atoms with E-state index >= 15 is 0 Å². The summed E-state index contributed by atoms with van der Waals surface area (Å²) in [5.41, 5.74) is 2.08. The van der Waals surface area contributed by atoms with Crippen molar-refractivity contribution in [2.24, 2.45) is 0 Å². The van der Waals surface area contributed by atoms with Gasteiger partial charge in [0, 0.05) is 6.54 Å². The van der Waals surface area contributed by atoms with Crippen LogP contribution in [0.4, 0.5) is 13.2 Å². The number of likely N-dealkylation sites (tertiary alicyclic amines) is 1. The van der Waals surface area contributed by atoms with Gasteiger partial charge in [0.25, 0.3) is 5.91 Å². The van der Waals surface area contributed by atoms with E-state index in [0.29, 0.717) is 12.5 Å². The predicted molar refractivity (Wildman–Crippen MR) is 135 cm³/mol. The molecule has 2 aromatic carbocycles. The van der Waals surface area contributed by atoms with Crippen molar-refractivity contribution in [2.75, 3.05) is 18.8 Å². The summed E-state index contributed by atoms with van der Waals surface area (Å²) in [5.74, 6) is -2.05. The van der Waals surface area contributed by atoms with E-state index in [1.165, 1.54) is 24.8 Å². The van der Waals surface area contributed by atoms with Crippen LogP contribution in [0.25, 0.3) is 0 Å². The monoisotopic (exact) mass is 554 g/mol. The number of fused-ring (bicyclic) bond motifs is 1. The number of nitrogens with zero attached hydrogens (tertiary/aromatic N) is 1. The third-order valence-electron chi connectivity index (χ3n) is 7.24. The average Bonchev–Trinajstić information content (AvgIpc) is 2.88. The molecule has 3 atom stereocenters. The van der Waals surface area contributed by atoms with Crippen LogP contribution in [0, 0.1) is 0 Å². The van der Waals surface area contributed by atoms with Crippen molar-refractivity contribution in [3.05, 3.63) is 64.7 Å². The Hall–Kier alpha value is -2.47. The maximum absolute atomic E-state index is 13.0. The van der Waals surface area contributed by atoms with Crippen molar-refractivity contribution >= 4 is 15.7 Å². The number of aryl methyl sites for hydroxylation is 1. The lowest BCUT2D eigenvalue weighted by molar-refractivity contribution is -0.137. The van der Waals surface area contributed by atoms with Crippen LogP contribution < -0.4 is 5.32 Å². The maximum atomic E-state index is 13.0. The molecule has 1 fully saturated rings. The Morgan fingerprint density at radius 2 is 1.79 bits per heavy atom. The summed E-state index contributed by atoms with van der Waals surface area (Å²) in [4.78, 5) is 14.5. The van der Waals surface area contributed by atoms with Crippen molar-refractivity contribution < 1.29 is 36.6 Å². The van der Waals surface area contributed by atoms with Gasteiger partial charge in [-0.05, 0) is 80.1 Å². The van der Waals surface area contributed by atoms with Gasteiger partial charge in [-0.25, -0.2) is 8.42 Å². The molecule has 1 heterocycles. The Morgan fingerprint density at radius 3 is 2.50 bits per heavy atom. The van der Waals surface area contributed by atoms with E-state index in [1.807, 2.05) is 12.1 Å². The minimum Gasteiger partial charge on any atom is -0.389 e. The summed E-state index contributed by atoms with van der Waals surface area (Å²) >= 11 is 0. The molecule has 38 heavy (non-hydrogen) atoms. The van der Waals surface area contributed by atoms with Crippen molar-refractivity contribution in [3.63, 3.8) is 0 Å². The van der Waals surface area contributed by atoms with Crippen molar-refractivity contribution in [2.45, 2.75) is 74.4 Å². The van der Waals surface area contributed by atoms with Crippen LogP contribution >= 0.6 is 0 Å². The molecular weight excluding hydrogens is 521 g/mol. The number of amides is 1. The zero-order valence-electron chi connectivity index (χ0n) is 21.0. The molecule has 1 amide bonds. The van der Waals surface area contributed by atoms with Crippen LogP contribution in [0.5, 0.6) is 0 Å². The number of aliphatic hydroxyl groups is 2. The van der Waals surface area contributed by atoms with Crippen LogP contribution in [0.3, 0.4) is 0 Å². The van der Waals surface area contributed by atoms with E-state index in [-0.39, 0.29) is 0 Å². The average molecular weight is 555 g/mol. The first-order chi connectivity index (χ1) is 17.9. The first-order valence-corrected chi connectivity index (χ1v) is 14.5. The molecule has 0 radical (unpaired) electrons. The highest BCUT2D eigenvalue weighted by Crippen LogP contribution is 2.32. The number of hydrogen-bond donors (Lipinski definition) is 3. The fraction of sp³-hybridized carbons (Fsp3) is 0.519. The molecule has 0 saturated carbocycles. The van der Waals surface area contributed by atoms with Crippen LogP contribution in [0.2, 0.25) is 0 Å². The molecule has 1 aliphatic carbocycles. The molecular formula is C27H33F3N2O5S. The maximum Gasteiger partial charge on any atom is 0.416 e. The zero-order chi connectivity index (χ0) is 27.5. The highest BCUT2D eigenvalue weighted by Gasteiger charge is 2.34. The normalized spacial score (nSPS) is 20.4. The Kier molecular flexibility index (Phi) is 8.81. The van der Waals surface area contributed by atoms with Gasteiger partial charge in [0.15, 0.2) is 15.9 Å². The number of carbonyl (C=O) groups is 1. The molecule has 1 saturated heterocycles. The molecule has 7 nitrogen and oxygen atoms in total. The van der Waals surface area contributed by atoms with Gasteiger partial charge < -0.3 is 15.5 Å². The van der Waals surface area contributed by atoms with Crippen molar-refractivity contribution in [1.82, 2.24) is 10.2 Å². The summed E-state index contributed by atoms with van der Waals surface area (Å²) in [5, 5.41) is 23.4. The third kappa shape index (κ3) is 6.93. The number of halogens is 3. The van der Waals surface area contributed by atoms with Gasteiger partial charge in [0.1, 0.15) is 6.10 Å². The first-order valence-electron chi connectivity index (χ1n) is 12.8. The van der Waals surface area contributed by atoms with Gasteiger partial charge in [-0.15, -0.1) is 0 Å². The smallest absolute Gasteiger partial charge is 0.389 e. The predicted octanol–water partition coefficient (Wildman–Crippen LogP) is 3.38. The van der Waals surface area contributed by atoms with Crippen LogP contribution in [-0.4, -0.2) is 60.5 Å². The van der Waals surface area contributed by atoms with E-state index in [4.69, 9.17) is 0 Å². The number of rotatable bonds is 8. The Labute approximate surface area is 220 Å². The SMILES string of the molecule is O=C(N[C@@H]1CCCc2cc(CN3CCCCC3)ccc21)[C@@H](O)[C@@H](O)CS(=O)(=O)c1cccc(C(F)(F)F)c1. The second kappa shape index (κ2) is 11.7. The van der Waals surface area contributed by atoms with Gasteiger partial charge in [-0.2, -0.15) is 13.2 Å². The number of nitrogens with one attached hydrogen (secondary N) is 1. The third-order valence-corrected chi connectivity index (χ3v) is 8.99. The van der Waals surface area contributed by atoms with Gasteiger partial charge in [0.2, 0.25) is 0 Å². The first kappa shape index (κ1) is 28.5. The topological polar surface area (TPSA) is 107 Å². The summed E-state index contributed by atoms with van der Waals surface area (Å²) in [7, 11) is -4.41. The van der Waals surface area contributed by atoms with E-state index in [2.05, 4.69) is 16.3 Å². The lowest BCUT2D eigenvalue weighted by atomic mass is 9.86. The highest BCUT2D eigenvalue weighted by atomic mass is 32.2. The molecule has 2 aliphatic rings. The molecule has 208 valence electrons. The molecule has 2 aromatic rings. The van der Waals surface area contributed by atoms with Crippen LogP contribution in [0.15, 0.2) is 47.4 Å². The molecule has 0 spiro atoms. The quantitative estimate of drug-likeness (QED) is 0.462. The fourth-order valence-corrected chi connectivity index (χ4v) is 6.62. The molecule has 0 aromatic heterocycles. The van der Waals surface area contributed by atoms with Crippen molar-refractivity contribution in [1.29, 1.82) is 0 Å². The lowest BCUT2D eigenvalue weighted by Crippen LogP contribution is -2.46. The summed E-state index contributed by atoms with van der Waals surface area (Å²) in [6.45, 7) is 3.04. The minimum absolute atomic E-state index is 0.405. The molecule has 11 heteroatoms. The summed E-state index contributed by atoms with van der Waals surface area (Å²) in [6.07, 6.45) is -2.88. The van der Waals surface area contributed by atoms with E-state index < -0.39 is 56.4 Å². The van der Waals surface area contributed by atoms with Gasteiger partial charge in [0.05, 0.1) is 22.3 Å². The number of aliphatic hydroxyl groups excluding tert-OH is 2. The van der Waals surface area contributed by atoms with Gasteiger partial charge >= 0.3 is 6.18 Å². The second-order valence-corrected chi connectivity index (χ2v) is 12.2. The Balaban J connectivity index is 1.39. The standard InChI is InChI=1S/C27H33F3N2O5S/c28-27(29,30)20-7-5-8-21(15-20)38(36,37)17-24(33)25(34)26(35)31-23-9-4-6-19-14-18(10-11-22(19)23)16-32-12-2-1-3-13-32/h5,7-8,10-11,14-15,23-25,33-34H,1-4,6,9,12-13,16-17H2,(H,31,35)/t23-,24+,25+/m1/s1. The van der Waals surface area contributed by atoms with Gasteiger partial charge in [-0.3, -0.25) is 9.69 Å². The molecule has 0 unspecified atom stereocenters. The minimum atomic E-state index is -4.74. The van der Waals surface area contributed by atoms with Crippen molar-refractivity contribution in [3.8, 4) is 0 Å². The molecule has 4 rings (SSSR count). The summed E-state index contributed by atoms with van der Waals surface area (Å²) < 4.78 is 64.1. The largest absolute Gasteiger partial charge is 0.416 e. The Bertz CT molecular complexity index is 1250. The number of piperidine rings is 1. The van der Waals surface area contributed by atoms with Gasteiger partial charge in [-0.1, -0.05) is 30.7 Å². The highest BCUT2D eigenvalue weighted by molar-refractivity contribution is 7.91. The number of sulfone groups is 1. The Morgan fingerprint density at radius 1 is 1.05 bits per heavy atom. The van der Waals surface area contributed by atoms with E-state index in [1.54, 1.807) is 0 Å². The second-order valence-electron chi connectivity index (χ2n) is 10.1. The van der Waals surface area contributed by atoms with E-state index in [9.17, 15) is 36.6 Å². The number of hydrogen-bond acceptors (Lipinski definition) is 6. The number of alkyl halides is 3. The van der Waals surface area contributed by atoms with E-state index in [0.717, 1.165) is 61.8 Å². The fourth-order valence-electron chi connectivity index (χ4n) is 5.20. The lowest BCUT2D eigenvalue weighted by Gasteiger charge is -2.30.